The van der Waals surface area contributed by atoms with Crippen LogP contribution in [0.1, 0.15) is 11.1 Å². The van der Waals surface area contributed by atoms with Crippen molar-refractivity contribution in [3.8, 4) is 11.5 Å². The first kappa shape index (κ1) is 20.9. The van der Waals surface area contributed by atoms with E-state index < -0.39 is 10.0 Å². The number of methoxy groups -OCH3 is 1. The zero-order valence-corrected chi connectivity index (χ0v) is 18.0. The van der Waals surface area contributed by atoms with E-state index in [2.05, 4.69) is 25.9 Å². The van der Waals surface area contributed by atoms with Gasteiger partial charge in [0.2, 0.25) is 0 Å². The molecule has 0 aromatic heterocycles. The average Bonchev–Trinajstić information content (AvgIpc) is 2.73. The van der Waals surface area contributed by atoms with Crippen molar-refractivity contribution >= 4 is 32.2 Å². The topological polar surface area (TPSA) is 77.0 Å². The van der Waals surface area contributed by atoms with E-state index in [4.69, 9.17) is 9.47 Å². The summed E-state index contributed by atoms with van der Waals surface area (Å²) in [4.78, 5) is 2.32. The molecule has 0 saturated heterocycles. The van der Waals surface area contributed by atoms with Crippen LogP contribution in [0.4, 0.5) is 0 Å². The fraction of sp³-hybridized carbons (Fsp3) is 0.0952. The van der Waals surface area contributed by atoms with Crippen LogP contribution < -0.4 is 14.3 Å². The molecular weight excluding hydrogens is 456 g/mol. The molecule has 0 atom stereocenters. The highest BCUT2D eigenvalue weighted by Gasteiger charge is 2.12. The number of nitrogens with one attached hydrogen (secondary N) is 1. The number of hydrogen-bond acceptors (Lipinski definition) is 5. The van der Waals surface area contributed by atoms with Gasteiger partial charge in [0.15, 0.2) is 11.5 Å². The van der Waals surface area contributed by atoms with Crippen molar-refractivity contribution < 1.29 is 17.9 Å². The molecule has 0 bridgehead atoms. The van der Waals surface area contributed by atoms with Gasteiger partial charge in [-0.15, -0.1) is 0 Å². The Hall–Kier alpha value is -2.84. The van der Waals surface area contributed by atoms with Crippen LogP contribution in [0.2, 0.25) is 0 Å². The van der Waals surface area contributed by atoms with Crippen LogP contribution in [-0.4, -0.2) is 21.7 Å². The lowest BCUT2D eigenvalue weighted by molar-refractivity contribution is 0.284. The number of benzene rings is 3. The van der Waals surface area contributed by atoms with Gasteiger partial charge in [0.05, 0.1) is 18.2 Å². The molecule has 0 fully saturated rings. The van der Waals surface area contributed by atoms with Crippen molar-refractivity contribution in [2.24, 2.45) is 5.10 Å². The van der Waals surface area contributed by atoms with Crippen molar-refractivity contribution in [2.75, 3.05) is 7.11 Å². The van der Waals surface area contributed by atoms with E-state index in [1.807, 2.05) is 30.3 Å². The Morgan fingerprint density at radius 1 is 1.00 bits per heavy atom. The highest BCUT2D eigenvalue weighted by atomic mass is 79.9. The molecule has 0 radical (unpaired) electrons. The predicted octanol–water partition coefficient (Wildman–Crippen LogP) is 4.35. The van der Waals surface area contributed by atoms with Gasteiger partial charge in [0, 0.05) is 4.47 Å². The smallest absolute Gasteiger partial charge is 0.276 e. The summed E-state index contributed by atoms with van der Waals surface area (Å²) in [5, 5.41) is 3.84. The maximum Gasteiger partial charge on any atom is 0.276 e. The second kappa shape index (κ2) is 9.58. The summed E-state index contributed by atoms with van der Waals surface area (Å²) in [6.45, 7) is 0.414. The lowest BCUT2D eigenvalue weighted by atomic mass is 10.2. The zero-order chi connectivity index (χ0) is 20.7. The van der Waals surface area contributed by atoms with E-state index in [-0.39, 0.29) is 4.90 Å². The third-order valence-electron chi connectivity index (χ3n) is 3.94. The van der Waals surface area contributed by atoms with Gasteiger partial charge >= 0.3 is 0 Å². The zero-order valence-electron chi connectivity index (χ0n) is 15.6. The summed E-state index contributed by atoms with van der Waals surface area (Å²) >= 11 is 3.27. The maximum absolute atomic E-state index is 12.2. The van der Waals surface area contributed by atoms with Crippen molar-refractivity contribution in [3.63, 3.8) is 0 Å². The predicted molar refractivity (Wildman–Crippen MR) is 116 cm³/mol. The molecule has 0 spiro atoms. The van der Waals surface area contributed by atoms with Crippen molar-refractivity contribution in [2.45, 2.75) is 11.5 Å². The molecule has 6 nitrogen and oxygen atoms in total. The Balaban J connectivity index is 1.67. The normalized spacial score (nSPS) is 11.4. The van der Waals surface area contributed by atoms with Gasteiger partial charge in [-0.1, -0.05) is 46.3 Å². The van der Waals surface area contributed by atoms with Gasteiger partial charge < -0.3 is 9.47 Å². The van der Waals surface area contributed by atoms with Crippen molar-refractivity contribution in [1.82, 2.24) is 4.83 Å². The third-order valence-corrected chi connectivity index (χ3v) is 5.70. The first-order valence-electron chi connectivity index (χ1n) is 8.63. The highest BCUT2D eigenvalue weighted by Crippen LogP contribution is 2.28. The third kappa shape index (κ3) is 5.82. The minimum atomic E-state index is -3.73. The highest BCUT2D eigenvalue weighted by molar-refractivity contribution is 9.10. The van der Waals surface area contributed by atoms with Crippen molar-refractivity contribution in [3.05, 3.63) is 88.4 Å². The standard InChI is InChI=1S/C21H19BrN2O4S/c1-27-21-13-17(7-12-20(21)28-15-16-5-3-2-4-6-16)14-23-24-29(25,26)19-10-8-18(22)9-11-19/h2-14,24H,15H2,1H3. The number of hydrogen-bond donors (Lipinski definition) is 1. The number of halogens is 1. The summed E-state index contributed by atoms with van der Waals surface area (Å²) < 4.78 is 36.5. The van der Waals surface area contributed by atoms with Gasteiger partial charge in [0.1, 0.15) is 6.61 Å². The van der Waals surface area contributed by atoms with Crippen LogP contribution in [0.5, 0.6) is 11.5 Å². The molecule has 0 aliphatic rings. The Kier molecular flexibility index (Phi) is 6.90. The van der Waals surface area contributed by atoms with Crippen LogP contribution in [-0.2, 0) is 16.6 Å². The minimum absolute atomic E-state index is 0.125. The van der Waals surface area contributed by atoms with Gasteiger partial charge in [-0.3, -0.25) is 0 Å². The molecule has 0 saturated carbocycles. The lowest BCUT2D eigenvalue weighted by Crippen LogP contribution is -2.18. The Morgan fingerprint density at radius 2 is 1.72 bits per heavy atom. The Bertz CT molecular complexity index is 1090. The van der Waals surface area contributed by atoms with Gasteiger partial charge in [0.25, 0.3) is 10.0 Å². The molecule has 0 unspecified atom stereocenters. The largest absolute Gasteiger partial charge is 0.493 e. The minimum Gasteiger partial charge on any atom is -0.493 e. The second-order valence-electron chi connectivity index (χ2n) is 5.99. The van der Waals surface area contributed by atoms with E-state index >= 15 is 0 Å². The molecule has 0 aliphatic carbocycles. The fourth-order valence-corrected chi connectivity index (χ4v) is 3.51. The van der Waals surface area contributed by atoms with Crippen LogP contribution in [0, 0.1) is 0 Å². The van der Waals surface area contributed by atoms with Crippen LogP contribution in [0.3, 0.4) is 0 Å². The summed E-state index contributed by atoms with van der Waals surface area (Å²) in [5.74, 6) is 1.12. The number of rotatable bonds is 8. The SMILES string of the molecule is COc1cc(C=NNS(=O)(=O)c2ccc(Br)cc2)ccc1OCc1ccccc1. The Morgan fingerprint density at radius 3 is 2.41 bits per heavy atom. The molecule has 0 amide bonds. The molecule has 8 heteroatoms. The molecular formula is C21H19BrN2O4S. The molecule has 0 heterocycles. The summed E-state index contributed by atoms with van der Waals surface area (Å²) in [6, 6.07) is 21.3. The second-order valence-corrected chi connectivity index (χ2v) is 8.57. The lowest BCUT2D eigenvalue weighted by Gasteiger charge is -2.11. The summed E-state index contributed by atoms with van der Waals surface area (Å²) in [7, 11) is -2.19. The van der Waals surface area contributed by atoms with E-state index in [9.17, 15) is 8.42 Å². The first-order valence-corrected chi connectivity index (χ1v) is 10.9. The summed E-state index contributed by atoms with van der Waals surface area (Å²) in [5.41, 5.74) is 1.70. The van der Waals surface area contributed by atoms with Crippen LogP contribution in [0.15, 0.2) is 87.3 Å². The van der Waals surface area contributed by atoms with E-state index in [1.54, 1.807) is 37.4 Å². The molecule has 0 aliphatic heterocycles. The Labute approximate surface area is 178 Å². The van der Waals surface area contributed by atoms with E-state index in [1.165, 1.54) is 18.3 Å². The number of nitrogens with zero attached hydrogens (tertiary/aromatic N) is 1. The van der Waals surface area contributed by atoms with Gasteiger partial charge in [-0.2, -0.15) is 13.5 Å². The summed E-state index contributed by atoms with van der Waals surface area (Å²) in [6.07, 6.45) is 1.40. The van der Waals surface area contributed by atoms with Crippen LogP contribution in [0.25, 0.3) is 0 Å². The van der Waals surface area contributed by atoms with Gasteiger partial charge in [-0.05, 0) is 53.6 Å². The quantitative estimate of drug-likeness (QED) is 0.388. The maximum atomic E-state index is 12.2. The first-order chi connectivity index (χ1) is 14.0. The van der Waals surface area contributed by atoms with Crippen molar-refractivity contribution in [1.29, 1.82) is 0 Å². The fourth-order valence-electron chi connectivity index (χ4n) is 2.46. The molecule has 1 N–H and O–H groups in total. The molecule has 3 aromatic rings. The van der Waals surface area contributed by atoms with Crippen LogP contribution >= 0.6 is 15.9 Å². The number of ether oxygens (including phenoxy) is 2. The average molecular weight is 475 g/mol. The van der Waals surface area contributed by atoms with Gasteiger partial charge in [-0.25, -0.2) is 4.83 Å². The molecule has 3 aromatic carbocycles. The molecule has 3 rings (SSSR count). The monoisotopic (exact) mass is 474 g/mol. The molecule has 150 valence electrons. The molecule has 29 heavy (non-hydrogen) atoms. The van der Waals surface area contributed by atoms with E-state index in [0.717, 1.165) is 10.0 Å². The number of hydrazone groups is 1. The number of sulfonamides is 1. The van der Waals surface area contributed by atoms with E-state index in [0.29, 0.717) is 23.7 Å².